The number of hydrogen-bond donors (Lipinski definition) is 1. The largest absolute Gasteiger partial charge is 0.488 e. The Morgan fingerprint density at radius 3 is 2.83 bits per heavy atom. The van der Waals surface area contributed by atoms with Crippen molar-refractivity contribution in [3.8, 4) is 5.75 Å². The summed E-state index contributed by atoms with van der Waals surface area (Å²) in [4.78, 5) is 29.6. The summed E-state index contributed by atoms with van der Waals surface area (Å²) in [7, 11) is 1.29. The Morgan fingerprint density at radius 2 is 2.09 bits per heavy atom. The molecule has 1 N–H and O–H groups in total. The minimum absolute atomic E-state index is 0.275. The van der Waals surface area contributed by atoms with E-state index in [9.17, 15) is 9.59 Å². The summed E-state index contributed by atoms with van der Waals surface area (Å²) in [5.74, 6) is 0.245. The third-order valence-electron chi connectivity index (χ3n) is 3.35. The molecule has 0 unspecified atom stereocenters. The Bertz CT molecular complexity index is 733. The van der Waals surface area contributed by atoms with E-state index in [1.165, 1.54) is 24.3 Å². The number of anilines is 2. The van der Waals surface area contributed by atoms with E-state index >= 15 is 0 Å². The number of ether oxygens (including phenoxy) is 2. The Kier molecular flexibility index (Phi) is 4.09. The molecule has 1 aliphatic rings. The molecule has 0 saturated carbocycles. The van der Waals surface area contributed by atoms with Gasteiger partial charge in [0.05, 0.1) is 19.2 Å². The van der Waals surface area contributed by atoms with E-state index in [0.29, 0.717) is 30.4 Å². The molecule has 2 heterocycles. The maximum Gasteiger partial charge on any atom is 0.339 e. The highest BCUT2D eigenvalue weighted by molar-refractivity contribution is 6.02. The molecule has 0 bridgehead atoms. The second-order valence-electron chi connectivity index (χ2n) is 4.83. The maximum absolute atomic E-state index is 12.4. The molecular formula is C16H15N3O4. The number of nitrogens with zero attached hydrogens (tertiary/aromatic N) is 2. The van der Waals surface area contributed by atoms with Crippen LogP contribution in [0.15, 0.2) is 42.6 Å². The first-order chi connectivity index (χ1) is 11.2. The van der Waals surface area contributed by atoms with Crippen molar-refractivity contribution in [2.45, 2.75) is 0 Å². The van der Waals surface area contributed by atoms with Crippen molar-refractivity contribution in [3.05, 3.63) is 48.2 Å². The number of pyridine rings is 1. The lowest BCUT2D eigenvalue weighted by atomic mass is 10.2. The van der Waals surface area contributed by atoms with E-state index < -0.39 is 5.97 Å². The van der Waals surface area contributed by atoms with Gasteiger partial charge >= 0.3 is 12.0 Å². The van der Waals surface area contributed by atoms with Gasteiger partial charge in [0.1, 0.15) is 6.61 Å². The Labute approximate surface area is 132 Å². The molecule has 23 heavy (non-hydrogen) atoms. The third-order valence-corrected chi connectivity index (χ3v) is 3.35. The van der Waals surface area contributed by atoms with Gasteiger partial charge < -0.3 is 14.8 Å². The topological polar surface area (TPSA) is 80.8 Å². The second kappa shape index (κ2) is 6.35. The summed E-state index contributed by atoms with van der Waals surface area (Å²) >= 11 is 0. The van der Waals surface area contributed by atoms with Crippen molar-refractivity contribution in [1.82, 2.24) is 4.98 Å². The highest BCUT2D eigenvalue weighted by atomic mass is 16.5. The summed E-state index contributed by atoms with van der Waals surface area (Å²) in [6.07, 6.45) is 1.36. The fraction of sp³-hybridized carbons (Fsp3) is 0.188. The number of amides is 2. The molecule has 2 amide bonds. The van der Waals surface area contributed by atoms with Gasteiger partial charge in [-0.2, -0.15) is 0 Å². The first-order valence-corrected chi connectivity index (χ1v) is 7.04. The molecule has 0 radical (unpaired) electrons. The molecule has 0 spiro atoms. The molecule has 2 aromatic rings. The predicted molar refractivity (Wildman–Crippen MR) is 83.9 cm³/mol. The van der Waals surface area contributed by atoms with E-state index in [4.69, 9.17) is 4.74 Å². The molecule has 1 aliphatic heterocycles. The van der Waals surface area contributed by atoms with E-state index in [1.54, 1.807) is 12.1 Å². The number of carbonyl (C=O) groups is 2. The van der Waals surface area contributed by atoms with Gasteiger partial charge in [-0.1, -0.05) is 18.2 Å². The number of hydrogen-bond acceptors (Lipinski definition) is 5. The number of aromatic nitrogens is 1. The van der Waals surface area contributed by atoms with Crippen LogP contribution >= 0.6 is 0 Å². The van der Waals surface area contributed by atoms with Gasteiger partial charge in [-0.25, -0.2) is 14.6 Å². The van der Waals surface area contributed by atoms with Crippen LogP contribution in [0.4, 0.5) is 16.3 Å². The van der Waals surface area contributed by atoms with Crippen molar-refractivity contribution < 1.29 is 19.1 Å². The van der Waals surface area contributed by atoms with E-state index in [-0.39, 0.29) is 11.6 Å². The highest BCUT2D eigenvalue weighted by Crippen LogP contribution is 2.30. The molecule has 0 saturated heterocycles. The number of nitrogens with one attached hydrogen (secondary N) is 1. The Hall–Kier alpha value is -3.09. The van der Waals surface area contributed by atoms with Gasteiger partial charge in [0.25, 0.3) is 0 Å². The van der Waals surface area contributed by atoms with Gasteiger partial charge in [0, 0.05) is 18.0 Å². The van der Waals surface area contributed by atoms with Crippen LogP contribution in [-0.2, 0) is 4.74 Å². The lowest BCUT2D eigenvalue weighted by molar-refractivity contribution is 0.0599. The van der Waals surface area contributed by atoms with Crippen molar-refractivity contribution in [2.75, 3.05) is 30.5 Å². The number of rotatable bonds is 2. The molecule has 3 rings (SSSR count). The molecule has 0 fully saturated rings. The zero-order valence-corrected chi connectivity index (χ0v) is 12.5. The molecule has 7 heteroatoms. The van der Waals surface area contributed by atoms with Crippen LogP contribution in [0.25, 0.3) is 0 Å². The number of fused-ring (bicyclic) bond motifs is 1. The minimum atomic E-state index is -0.505. The van der Waals surface area contributed by atoms with Gasteiger partial charge in [-0.3, -0.25) is 4.90 Å². The summed E-state index contributed by atoms with van der Waals surface area (Å²) in [5, 5.41) is 2.80. The van der Waals surface area contributed by atoms with Crippen molar-refractivity contribution in [3.63, 3.8) is 0 Å². The normalized spacial score (nSPS) is 12.8. The highest BCUT2D eigenvalue weighted by Gasteiger charge is 2.26. The quantitative estimate of drug-likeness (QED) is 0.860. The molecule has 0 aliphatic carbocycles. The first-order valence-electron chi connectivity index (χ1n) is 7.04. The smallest absolute Gasteiger partial charge is 0.339 e. The van der Waals surface area contributed by atoms with Crippen LogP contribution in [0.1, 0.15) is 10.4 Å². The Balaban J connectivity index is 1.84. The van der Waals surface area contributed by atoms with Crippen molar-refractivity contribution >= 4 is 23.5 Å². The summed E-state index contributed by atoms with van der Waals surface area (Å²) in [6.45, 7) is 0.692. The average Bonchev–Trinajstić information content (AvgIpc) is 2.60. The van der Waals surface area contributed by atoms with Gasteiger partial charge in [0.2, 0.25) is 0 Å². The van der Waals surface area contributed by atoms with Crippen LogP contribution in [0.3, 0.4) is 0 Å². The standard InChI is InChI=1S/C16H15N3O4/c1-22-15(20)11-9-13-14(17-10-11)19(7-8-23-13)16(21)18-12-5-3-2-4-6-12/h2-6,9-10H,7-8H2,1H3,(H,18,21). The third kappa shape index (κ3) is 3.08. The summed E-state index contributed by atoms with van der Waals surface area (Å²) in [5.41, 5.74) is 0.966. The zero-order valence-electron chi connectivity index (χ0n) is 12.5. The van der Waals surface area contributed by atoms with Crippen LogP contribution in [0.5, 0.6) is 5.75 Å². The van der Waals surface area contributed by atoms with Gasteiger partial charge in [-0.05, 0) is 12.1 Å². The number of carbonyl (C=O) groups excluding carboxylic acids is 2. The fourth-order valence-corrected chi connectivity index (χ4v) is 2.24. The number of esters is 1. The number of methoxy groups -OCH3 is 1. The monoisotopic (exact) mass is 313 g/mol. The molecule has 7 nitrogen and oxygen atoms in total. The zero-order chi connectivity index (χ0) is 16.2. The van der Waals surface area contributed by atoms with Crippen LogP contribution in [0.2, 0.25) is 0 Å². The SMILES string of the molecule is COC(=O)c1cnc2c(c1)OCCN2C(=O)Nc1ccccc1. The van der Waals surface area contributed by atoms with Crippen molar-refractivity contribution in [1.29, 1.82) is 0 Å². The van der Waals surface area contributed by atoms with Gasteiger partial charge in [0.15, 0.2) is 11.6 Å². The number of para-hydroxylation sites is 1. The summed E-state index contributed by atoms with van der Waals surface area (Å²) in [6, 6.07) is 10.4. The average molecular weight is 313 g/mol. The van der Waals surface area contributed by atoms with Crippen LogP contribution in [0, 0.1) is 0 Å². The molecule has 118 valence electrons. The molecular weight excluding hydrogens is 298 g/mol. The number of benzene rings is 1. The minimum Gasteiger partial charge on any atom is -0.488 e. The van der Waals surface area contributed by atoms with Gasteiger partial charge in [-0.15, -0.1) is 0 Å². The number of urea groups is 1. The second-order valence-corrected chi connectivity index (χ2v) is 4.83. The van der Waals surface area contributed by atoms with E-state index in [0.717, 1.165) is 0 Å². The lowest BCUT2D eigenvalue weighted by Gasteiger charge is -2.28. The van der Waals surface area contributed by atoms with Crippen LogP contribution in [-0.4, -0.2) is 37.2 Å². The molecule has 1 aromatic heterocycles. The van der Waals surface area contributed by atoms with E-state index in [1.807, 2.05) is 18.2 Å². The first kappa shape index (κ1) is 14.8. The molecule has 0 atom stereocenters. The maximum atomic E-state index is 12.4. The summed E-state index contributed by atoms with van der Waals surface area (Å²) < 4.78 is 10.2. The predicted octanol–water partition coefficient (Wildman–Crippen LogP) is 2.30. The van der Waals surface area contributed by atoms with E-state index in [2.05, 4.69) is 15.0 Å². The molecule has 1 aromatic carbocycles. The van der Waals surface area contributed by atoms with Crippen molar-refractivity contribution in [2.24, 2.45) is 0 Å². The lowest BCUT2D eigenvalue weighted by Crippen LogP contribution is -2.41. The van der Waals surface area contributed by atoms with Crippen LogP contribution < -0.4 is 15.0 Å². The fourth-order valence-electron chi connectivity index (χ4n) is 2.24. The Morgan fingerprint density at radius 1 is 1.30 bits per heavy atom.